The second-order valence-corrected chi connectivity index (χ2v) is 3.91. The summed E-state index contributed by atoms with van der Waals surface area (Å²) in [5, 5.41) is 4.19. The van der Waals surface area contributed by atoms with Crippen LogP contribution >= 0.6 is 0 Å². The fourth-order valence-corrected chi connectivity index (χ4v) is 2.10. The Morgan fingerprint density at radius 1 is 1.71 bits per heavy atom. The van der Waals surface area contributed by atoms with Crippen molar-refractivity contribution in [3.63, 3.8) is 0 Å². The zero-order chi connectivity index (χ0) is 10.1. The van der Waals surface area contributed by atoms with E-state index >= 15 is 0 Å². The SMILES string of the molecule is Cc1cnn(C)c1C(N)C1CCCO1. The molecule has 0 amide bonds. The number of hydrogen-bond acceptors (Lipinski definition) is 3. The Morgan fingerprint density at radius 2 is 2.50 bits per heavy atom. The lowest BCUT2D eigenvalue weighted by molar-refractivity contribution is 0.0877. The molecule has 4 nitrogen and oxygen atoms in total. The highest BCUT2D eigenvalue weighted by Crippen LogP contribution is 2.26. The number of aryl methyl sites for hydroxylation is 2. The first kappa shape index (κ1) is 9.68. The normalized spacial score (nSPS) is 24.1. The van der Waals surface area contributed by atoms with Crippen molar-refractivity contribution < 1.29 is 4.74 Å². The highest BCUT2D eigenvalue weighted by Gasteiger charge is 2.27. The molecule has 0 radical (unpaired) electrons. The average Bonchev–Trinajstić information content (AvgIpc) is 2.75. The number of nitrogens with two attached hydrogens (primary N) is 1. The topological polar surface area (TPSA) is 53.1 Å². The largest absolute Gasteiger partial charge is 0.376 e. The van der Waals surface area contributed by atoms with E-state index in [4.69, 9.17) is 10.5 Å². The number of aromatic nitrogens is 2. The summed E-state index contributed by atoms with van der Waals surface area (Å²) < 4.78 is 7.43. The van der Waals surface area contributed by atoms with Crippen molar-refractivity contribution >= 4 is 0 Å². The van der Waals surface area contributed by atoms with Gasteiger partial charge in [-0.3, -0.25) is 4.68 Å². The Kier molecular flexibility index (Phi) is 2.56. The zero-order valence-corrected chi connectivity index (χ0v) is 8.73. The molecule has 78 valence electrons. The summed E-state index contributed by atoms with van der Waals surface area (Å²) in [4.78, 5) is 0. The van der Waals surface area contributed by atoms with Crippen LogP contribution in [-0.4, -0.2) is 22.5 Å². The van der Waals surface area contributed by atoms with Gasteiger partial charge in [0.05, 0.1) is 24.0 Å². The Balaban J connectivity index is 2.21. The molecule has 0 saturated carbocycles. The lowest BCUT2D eigenvalue weighted by Crippen LogP contribution is -2.28. The van der Waals surface area contributed by atoms with Crippen LogP contribution in [-0.2, 0) is 11.8 Å². The van der Waals surface area contributed by atoms with Crippen molar-refractivity contribution in [2.45, 2.75) is 31.9 Å². The van der Waals surface area contributed by atoms with Crippen molar-refractivity contribution in [2.75, 3.05) is 6.61 Å². The van der Waals surface area contributed by atoms with Gasteiger partial charge in [0.25, 0.3) is 0 Å². The first-order chi connectivity index (χ1) is 6.70. The lowest BCUT2D eigenvalue weighted by Gasteiger charge is -2.19. The summed E-state index contributed by atoms with van der Waals surface area (Å²) in [5.41, 5.74) is 8.40. The molecule has 0 aliphatic carbocycles. The molecule has 2 unspecified atom stereocenters. The Bertz CT molecular complexity index is 296. The van der Waals surface area contributed by atoms with Gasteiger partial charge in [-0.25, -0.2) is 0 Å². The second kappa shape index (κ2) is 3.71. The van der Waals surface area contributed by atoms with E-state index in [1.54, 1.807) is 0 Å². The fourth-order valence-electron chi connectivity index (χ4n) is 2.10. The number of ether oxygens (including phenoxy) is 1. The third-order valence-electron chi connectivity index (χ3n) is 2.86. The van der Waals surface area contributed by atoms with Crippen molar-refractivity contribution in [3.8, 4) is 0 Å². The van der Waals surface area contributed by atoms with Crippen LogP contribution in [0.15, 0.2) is 6.20 Å². The Morgan fingerprint density at radius 3 is 3.00 bits per heavy atom. The van der Waals surface area contributed by atoms with Crippen molar-refractivity contribution in [1.82, 2.24) is 9.78 Å². The van der Waals surface area contributed by atoms with Gasteiger partial charge < -0.3 is 10.5 Å². The van der Waals surface area contributed by atoms with Crippen LogP contribution in [0.25, 0.3) is 0 Å². The van der Waals surface area contributed by atoms with Gasteiger partial charge in [0.15, 0.2) is 0 Å². The smallest absolute Gasteiger partial charge is 0.0783 e. The Labute approximate surface area is 84.0 Å². The second-order valence-electron chi connectivity index (χ2n) is 3.91. The van der Waals surface area contributed by atoms with Crippen LogP contribution in [0.1, 0.15) is 30.1 Å². The van der Waals surface area contributed by atoms with E-state index in [2.05, 4.69) is 5.10 Å². The molecule has 0 spiro atoms. The van der Waals surface area contributed by atoms with Crippen LogP contribution in [0.5, 0.6) is 0 Å². The summed E-state index contributed by atoms with van der Waals surface area (Å²) in [6.07, 6.45) is 4.20. The number of nitrogens with zero attached hydrogens (tertiary/aromatic N) is 2. The fraction of sp³-hybridized carbons (Fsp3) is 0.700. The van der Waals surface area contributed by atoms with Crippen LogP contribution in [0, 0.1) is 6.92 Å². The van der Waals surface area contributed by atoms with E-state index < -0.39 is 0 Å². The molecular weight excluding hydrogens is 178 g/mol. The quantitative estimate of drug-likeness (QED) is 0.763. The van der Waals surface area contributed by atoms with E-state index in [9.17, 15) is 0 Å². The molecule has 14 heavy (non-hydrogen) atoms. The monoisotopic (exact) mass is 195 g/mol. The van der Waals surface area contributed by atoms with Gasteiger partial charge in [-0.05, 0) is 25.3 Å². The molecule has 0 bridgehead atoms. The van der Waals surface area contributed by atoms with Crippen LogP contribution < -0.4 is 5.73 Å². The summed E-state index contributed by atoms with van der Waals surface area (Å²) in [6.45, 7) is 2.88. The highest BCUT2D eigenvalue weighted by atomic mass is 16.5. The minimum Gasteiger partial charge on any atom is -0.376 e. The molecular formula is C10H17N3O. The molecule has 1 aliphatic rings. The number of rotatable bonds is 2. The zero-order valence-electron chi connectivity index (χ0n) is 8.73. The molecule has 4 heteroatoms. The third-order valence-corrected chi connectivity index (χ3v) is 2.86. The van der Waals surface area contributed by atoms with Gasteiger partial charge in [0.2, 0.25) is 0 Å². The molecule has 2 heterocycles. The molecule has 1 aliphatic heterocycles. The Hall–Kier alpha value is -0.870. The van der Waals surface area contributed by atoms with E-state index in [1.165, 1.54) is 0 Å². The maximum atomic E-state index is 6.16. The van der Waals surface area contributed by atoms with Crippen LogP contribution in [0.4, 0.5) is 0 Å². The summed E-state index contributed by atoms with van der Waals surface area (Å²) in [7, 11) is 1.93. The van der Waals surface area contributed by atoms with Crippen molar-refractivity contribution in [1.29, 1.82) is 0 Å². The maximum absolute atomic E-state index is 6.16. The molecule has 2 atom stereocenters. The predicted octanol–water partition coefficient (Wildman–Crippen LogP) is 0.907. The molecule has 0 aromatic carbocycles. The minimum atomic E-state index is -0.0370. The van der Waals surface area contributed by atoms with Gasteiger partial charge in [-0.1, -0.05) is 0 Å². The van der Waals surface area contributed by atoms with Gasteiger partial charge in [-0.2, -0.15) is 5.10 Å². The van der Waals surface area contributed by atoms with Gasteiger partial charge in [0.1, 0.15) is 0 Å². The van der Waals surface area contributed by atoms with Gasteiger partial charge >= 0.3 is 0 Å². The highest BCUT2D eigenvalue weighted by molar-refractivity contribution is 5.20. The first-order valence-electron chi connectivity index (χ1n) is 5.06. The third kappa shape index (κ3) is 1.55. The lowest BCUT2D eigenvalue weighted by atomic mass is 10.0. The van der Waals surface area contributed by atoms with E-state index in [1.807, 2.05) is 24.9 Å². The average molecular weight is 195 g/mol. The van der Waals surface area contributed by atoms with Gasteiger partial charge in [-0.15, -0.1) is 0 Å². The molecule has 1 aromatic rings. The first-order valence-corrected chi connectivity index (χ1v) is 5.06. The maximum Gasteiger partial charge on any atom is 0.0783 e. The van der Waals surface area contributed by atoms with Crippen molar-refractivity contribution in [3.05, 3.63) is 17.5 Å². The minimum absolute atomic E-state index is 0.0370. The summed E-state index contributed by atoms with van der Waals surface area (Å²) in [5.74, 6) is 0. The number of hydrogen-bond donors (Lipinski definition) is 1. The van der Waals surface area contributed by atoms with E-state index in [0.717, 1.165) is 30.7 Å². The van der Waals surface area contributed by atoms with E-state index in [0.29, 0.717) is 0 Å². The standard InChI is InChI=1S/C10H17N3O/c1-7-6-12-13(2)10(7)9(11)8-4-3-5-14-8/h6,8-9H,3-5,11H2,1-2H3. The molecule has 1 aromatic heterocycles. The van der Waals surface area contributed by atoms with Gasteiger partial charge in [0, 0.05) is 13.7 Å². The van der Waals surface area contributed by atoms with Crippen molar-refractivity contribution in [2.24, 2.45) is 12.8 Å². The summed E-state index contributed by atoms with van der Waals surface area (Å²) >= 11 is 0. The van der Waals surface area contributed by atoms with Crippen LogP contribution in [0.3, 0.4) is 0 Å². The summed E-state index contributed by atoms with van der Waals surface area (Å²) in [6, 6.07) is -0.0370. The molecule has 1 fully saturated rings. The molecule has 2 N–H and O–H groups in total. The van der Waals surface area contributed by atoms with Crippen LogP contribution in [0.2, 0.25) is 0 Å². The molecule has 2 rings (SSSR count). The molecule has 1 saturated heterocycles. The predicted molar refractivity (Wildman–Crippen MR) is 53.8 cm³/mol. The van der Waals surface area contributed by atoms with E-state index in [-0.39, 0.29) is 12.1 Å².